The number of aliphatic carboxylic acids is 1. The van der Waals surface area contributed by atoms with Crippen molar-refractivity contribution in [3.05, 3.63) is 72.9 Å². The van der Waals surface area contributed by atoms with Crippen LogP contribution < -0.4 is 0 Å². The maximum absolute atomic E-state index is 12.8. The number of allylic oxidation sites excluding steroid dienone is 12. The van der Waals surface area contributed by atoms with Crippen LogP contribution in [0.25, 0.3) is 0 Å². The minimum absolute atomic E-state index is 0.0443. The lowest BCUT2D eigenvalue weighted by Crippen LogP contribution is -2.50. The number of esters is 2. The van der Waals surface area contributed by atoms with Gasteiger partial charge in [-0.15, -0.1) is 0 Å². The molecule has 0 amide bonds. The van der Waals surface area contributed by atoms with Crippen molar-refractivity contribution in [2.75, 3.05) is 41.0 Å². The predicted molar refractivity (Wildman–Crippen MR) is 266 cm³/mol. The number of ether oxygens (including phenoxy) is 3. The van der Waals surface area contributed by atoms with Gasteiger partial charge in [-0.05, 0) is 83.5 Å². The molecule has 0 saturated carbocycles. The van der Waals surface area contributed by atoms with Crippen LogP contribution in [0.1, 0.15) is 206 Å². The number of carboxylic acids is 1. The van der Waals surface area contributed by atoms with Crippen molar-refractivity contribution in [1.82, 2.24) is 0 Å². The van der Waals surface area contributed by atoms with Crippen LogP contribution in [0, 0.1) is 0 Å². The van der Waals surface area contributed by atoms with Crippen LogP contribution in [0.2, 0.25) is 0 Å². The summed E-state index contributed by atoms with van der Waals surface area (Å²) in [5.41, 5.74) is 0. The predicted octanol–water partition coefficient (Wildman–Crippen LogP) is 14.7. The summed E-state index contributed by atoms with van der Waals surface area (Å²) in [5.74, 6) is -1.52. The summed E-state index contributed by atoms with van der Waals surface area (Å²) >= 11 is 0. The molecule has 2 unspecified atom stereocenters. The second-order valence-electron chi connectivity index (χ2n) is 18.0. The highest BCUT2D eigenvalue weighted by Crippen LogP contribution is 2.14. The third kappa shape index (κ3) is 43.8. The molecule has 0 radical (unpaired) electrons. The highest BCUT2D eigenvalue weighted by Gasteiger charge is 2.31. The highest BCUT2D eigenvalue weighted by molar-refractivity contribution is 5.72. The lowest BCUT2D eigenvalue weighted by Gasteiger charge is -2.31. The quantitative estimate of drug-likeness (QED) is 0.0281. The molecule has 362 valence electrons. The van der Waals surface area contributed by atoms with E-state index in [1.54, 1.807) is 0 Å². The molecule has 0 aromatic carbocycles. The SMILES string of the molecule is CC/C=C/C/C=C/C/C=C/C/C=C/CCCCCC(=O)OCC(COCCC(C(=O)O)[N+](C)(C)C)OC(=O)CCCCCCCCC/C=C/C/C=C/CCCCCCCCCCC. The van der Waals surface area contributed by atoms with Crippen LogP contribution in [-0.2, 0) is 28.6 Å². The van der Waals surface area contributed by atoms with Gasteiger partial charge < -0.3 is 23.8 Å². The number of carbonyl (C=O) groups is 3. The fraction of sp³-hybridized carbons (Fsp3) is 0.727. The van der Waals surface area contributed by atoms with Crippen molar-refractivity contribution in [3.8, 4) is 0 Å². The molecule has 0 fully saturated rings. The zero-order chi connectivity index (χ0) is 46.3. The van der Waals surface area contributed by atoms with Crippen molar-refractivity contribution >= 4 is 17.9 Å². The molecule has 0 heterocycles. The first kappa shape index (κ1) is 59.8. The van der Waals surface area contributed by atoms with Gasteiger partial charge in [0.15, 0.2) is 12.1 Å². The molecule has 0 rings (SSSR count). The van der Waals surface area contributed by atoms with Crippen molar-refractivity contribution in [1.29, 1.82) is 0 Å². The Kier molecular flexibility index (Phi) is 43.0. The van der Waals surface area contributed by atoms with Gasteiger partial charge >= 0.3 is 17.9 Å². The molecule has 1 N–H and O–H groups in total. The van der Waals surface area contributed by atoms with Gasteiger partial charge in [0.1, 0.15) is 6.61 Å². The molecule has 0 aromatic rings. The van der Waals surface area contributed by atoms with Crippen LogP contribution in [0.4, 0.5) is 0 Å². The Balaban J connectivity index is 4.30. The van der Waals surface area contributed by atoms with Crippen molar-refractivity contribution in [2.24, 2.45) is 0 Å². The fourth-order valence-electron chi connectivity index (χ4n) is 7.17. The van der Waals surface area contributed by atoms with Crippen molar-refractivity contribution < 1.29 is 38.2 Å². The molecule has 0 aliphatic heterocycles. The molecular weight excluding hydrogens is 787 g/mol. The Morgan fingerprint density at radius 1 is 0.492 bits per heavy atom. The van der Waals surface area contributed by atoms with E-state index in [2.05, 4.69) is 86.8 Å². The second kappa shape index (κ2) is 45.3. The Bertz CT molecular complexity index is 1260. The lowest BCUT2D eigenvalue weighted by atomic mass is 10.1. The van der Waals surface area contributed by atoms with E-state index in [1.165, 1.54) is 89.9 Å². The summed E-state index contributed by atoms with van der Waals surface area (Å²) in [5, 5.41) is 9.65. The molecule has 8 nitrogen and oxygen atoms in total. The van der Waals surface area contributed by atoms with Gasteiger partial charge in [0.25, 0.3) is 0 Å². The molecule has 0 saturated heterocycles. The second-order valence-corrected chi connectivity index (χ2v) is 18.0. The minimum Gasteiger partial charge on any atom is -0.477 e. The summed E-state index contributed by atoms with van der Waals surface area (Å²) < 4.78 is 17.3. The van der Waals surface area contributed by atoms with Crippen LogP contribution in [-0.4, -0.2) is 80.6 Å². The van der Waals surface area contributed by atoms with E-state index < -0.39 is 18.1 Å². The summed E-state index contributed by atoms with van der Waals surface area (Å²) in [4.78, 5) is 37.1. The molecule has 63 heavy (non-hydrogen) atoms. The van der Waals surface area contributed by atoms with Crippen molar-refractivity contribution in [3.63, 3.8) is 0 Å². The molecule has 0 aliphatic carbocycles. The Hall–Kier alpha value is -3.23. The number of nitrogens with zero attached hydrogens (tertiary/aromatic N) is 1. The van der Waals surface area contributed by atoms with Gasteiger partial charge in [-0.25, -0.2) is 4.79 Å². The van der Waals surface area contributed by atoms with E-state index in [4.69, 9.17) is 14.2 Å². The van der Waals surface area contributed by atoms with Gasteiger partial charge in [-0.2, -0.15) is 0 Å². The van der Waals surface area contributed by atoms with Gasteiger partial charge in [0.2, 0.25) is 0 Å². The van der Waals surface area contributed by atoms with Gasteiger partial charge in [0.05, 0.1) is 34.4 Å². The number of rotatable bonds is 45. The first-order valence-electron chi connectivity index (χ1n) is 25.5. The number of hydrogen-bond acceptors (Lipinski definition) is 6. The molecule has 0 aromatic heterocycles. The van der Waals surface area contributed by atoms with Crippen molar-refractivity contribution in [2.45, 2.75) is 219 Å². The number of hydrogen-bond donors (Lipinski definition) is 1. The molecule has 0 spiro atoms. The van der Waals surface area contributed by atoms with Gasteiger partial charge in [-0.3, -0.25) is 9.59 Å². The van der Waals surface area contributed by atoms with E-state index in [0.717, 1.165) is 83.5 Å². The first-order valence-corrected chi connectivity index (χ1v) is 25.5. The third-order valence-corrected chi connectivity index (χ3v) is 11.1. The normalized spacial score (nSPS) is 13.5. The maximum Gasteiger partial charge on any atom is 0.362 e. The zero-order valence-electron chi connectivity index (χ0n) is 41.3. The number of quaternary nitrogens is 1. The van der Waals surface area contributed by atoms with Crippen LogP contribution in [0.15, 0.2) is 72.9 Å². The Morgan fingerprint density at radius 2 is 0.889 bits per heavy atom. The smallest absolute Gasteiger partial charge is 0.362 e. The average Bonchev–Trinajstić information content (AvgIpc) is 3.24. The largest absolute Gasteiger partial charge is 0.477 e. The summed E-state index contributed by atoms with van der Waals surface area (Å²) in [6.45, 7) is 4.59. The number of likely N-dealkylation sites (N-methyl/N-ethyl adjacent to an activating group) is 1. The zero-order valence-corrected chi connectivity index (χ0v) is 41.3. The molecule has 2 atom stereocenters. The lowest BCUT2D eigenvalue weighted by molar-refractivity contribution is -0.887. The van der Waals surface area contributed by atoms with Crippen LogP contribution in [0.3, 0.4) is 0 Å². The van der Waals surface area contributed by atoms with E-state index in [1.807, 2.05) is 21.1 Å². The number of carboxylic acid groups (broad SMARTS) is 1. The van der Waals surface area contributed by atoms with Gasteiger partial charge in [-0.1, -0.05) is 177 Å². The van der Waals surface area contributed by atoms with E-state index >= 15 is 0 Å². The molecular formula is C55H96NO7+. The topological polar surface area (TPSA) is 99.1 Å². The maximum atomic E-state index is 12.8. The average molecular weight is 883 g/mol. The summed E-state index contributed by atoms with van der Waals surface area (Å²) in [6.07, 6.45) is 58.1. The van der Waals surface area contributed by atoms with Gasteiger partial charge in [0, 0.05) is 19.3 Å². The van der Waals surface area contributed by atoms with E-state index in [-0.39, 0.29) is 36.2 Å². The molecule has 0 bridgehead atoms. The Morgan fingerprint density at radius 3 is 1.33 bits per heavy atom. The summed E-state index contributed by atoms with van der Waals surface area (Å²) in [6, 6.07) is -0.625. The standard InChI is InChI=1S/C55H95NO7/c1-6-8-10-12-14-16-18-20-22-24-25-26-27-28-29-30-32-34-36-38-40-42-44-46-54(58)63-51(49-61-48-47-52(55(59)60)56(3,4)5)50-62-53(57)45-43-41-39-37-35-33-31-23-21-19-17-15-13-11-9-7-2/h9,11,15,17,21,23,25-26,28-29,33,35,51-52H,6-8,10,12-14,16,18-20,22,24,27,30-32,34,36-50H2,1-5H3/p+1/b11-9+,17-15+,23-21+,26-25+,29-28+,35-33+. The third-order valence-electron chi connectivity index (χ3n) is 11.1. The monoisotopic (exact) mass is 883 g/mol. The minimum atomic E-state index is -0.883. The fourth-order valence-corrected chi connectivity index (χ4v) is 7.17. The molecule has 0 aliphatic rings. The number of unbranched alkanes of at least 4 members (excludes halogenated alkanes) is 19. The van der Waals surface area contributed by atoms with E-state index in [0.29, 0.717) is 19.3 Å². The molecule has 8 heteroatoms. The van der Waals surface area contributed by atoms with Crippen LogP contribution in [0.5, 0.6) is 0 Å². The van der Waals surface area contributed by atoms with Crippen LogP contribution >= 0.6 is 0 Å². The first-order chi connectivity index (χ1) is 30.6. The highest BCUT2D eigenvalue weighted by atomic mass is 16.6. The Labute approximate surface area is 387 Å². The summed E-state index contributed by atoms with van der Waals surface area (Å²) in [7, 11) is 5.52. The number of carbonyl (C=O) groups excluding carboxylic acids is 2. The van der Waals surface area contributed by atoms with E-state index in [9.17, 15) is 19.5 Å².